The fourth-order valence-electron chi connectivity index (χ4n) is 3.35. The third-order valence-corrected chi connectivity index (χ3v) is 6.07. The molecule has 140 valence electrons. The van der Waals surface area contributed by atoms with Crippen LogP contribution in [0.4, 0.5) is 0 Å². The van der Waals surface area contributed by atoms with Gasteiger partial charge in [0, 0.05) is 57.2 Å². The summed E-state index contributed by atoms with van der Waals surface area (Å²) in [6, 6.07) is 13.8. The normalized spacial score (nSPS) is 15.2. The lowest BCUT2D eigenvalue weighted by atomic mass is 10.2. The Labute approximate surface area is 167 Å². The van der Waals surface area contributed by atoms with E-state index in [0.717, 1.165) is 55.5 Å². The molecule has 3 heterocycles. The van der Waals surface area contributed by atoms with Crippen LogP contribution >= 0.6 is 22.9 Å². The highest BCUT2D eigenvalue weighted by Gasteiger charge is 2.23. The first-order valence-electron chi connectivity index (χ1n) is 9.04. The van der Waals surface area contributed by atoms with Gasteiger partial charge in [0.15, 0.2) is 0 Å². The fraction of sp³-hybridized carbons (Fsp3) is 0.300. The van der Waals surface area contributed by atoms with Crippen LogP contribution in [0.25, 0.3) is 11.4 Å². The third-order valence-electron chi connectivity index (χ3n) is 4.85. The molecular formula is C20H21ClN4OS. The van der Waals surface area contributed by atoms with Gasteiger partial charge in [-0.3, -0.25) is 9.69 Å². The van der Waals surface area contributed by atoms with E-state index < -0.39 is 0 Å². The van der Waals surface area contributed by atoms with Crippen LogP contribution < -0.4 is 0 Å². The maximum atomic E-state index is 12.5. The van der Waals surface area contributed by atoms with Gasteiger partial charge in [-0.15, -0.1) is 11.3 Å². The second kappa shape index (κ2) is 8.25. The van der Waals surface area contributed by atoms with Crippen molar-refractivity contribution in [3.8, 4) is 11.4 Å². The molecular weight excluding hydrogens is 380 g/mol. The molecule has 1 saturated heterocycles. The minimum atomic E-state index is 0.0903. The Bertz CT molecular complexity index is 900. The van der Waals surface area contributed by atoms with Crippen molar-refractivity contribution in [1.82, 2.24) is 19.4 Å². The van der Waals surface area contributed by atoms with Crippen LogP contribution in [0.2, 0.25) is 4.34 Å². The van der Waals surface area contributed by atoms with Gasteiger partial charge in [-0.1, -0.05) is 41.9 Å². The Kier molecular flexibility index (Phi) is 5.57. The van der Waals surface area contributed by atoms with E-state index in [1.54, 1.807) is 6.07 Å². The molecule has 27 heavy (non-hydrogen) atoms. The highest BCUT2D eigenvalue weighted by Crippen LogP contribution is 2.23. The van der Waals surface area contributed by atoms with Crippen molar-refractivity contribution in [1.29, 1.82) is 0 Å². The molecule has 0 saturated carbocycles. The lowest BCUT2D eigenvalue weighted by Crippen LogP contribution is -2.49. The van der Waals surface area contributed by atoms with Gasteiger partial charge in [0.2, 0.25) is 0 Å². The molecule has 1 aliphatic rings. The summed E-state index contributed by atoms with van der Waals surface area (Å²) >= 11 is 7.29. The molecule has 5 nitrogen and oxygen atoms in total. The molecule has 0 N–H and O–H groups in total. The minimum absolute atomic E-state index is 0.0903. The van der Waals surface area contributed by atoms with Crippen molar-refractivity contribution in [2.45, 2.75) is 6.54 Å². The summed E-state index contributed by atoms with van der Waals surface area (Å²) in [5.41, 5.74) is 1.13. The number of aromatic nitrogens is 2. The molecule has 7 heteroatoms. The second-order valence-corrected chi connectivity index (χ2v) is 8.26. The molecule has 1 aromatic carbocycles. The van der Waals surface area contributed by atoms with Crippen molar-refractivity contribution in [2.24, 2.45) is 0 Å². The topological polar surface area (TPSA) is 41.4 Å². The molecule has 1 amide bonds. The second-order valence-electron chi connectivity index (χ2n) is 6.55. The van der Waals surface area contributed by atoms with Crippen LogP contribution in [0.1, 0.15) is 9.67 Å². The molecule has 2 aromatic heterocycles. The number of amides is 1. The third kappa shape index (κ3) is 4.24. The Morgan fingerprint density at radius 2 is 1.81 bits per heavy atom. The lowest BCUT2D eigenvalue weighted by Gasteiger charge is -2.34. The van der Waals surface area contributed by atoms with Crippen molar-refractivity contribution in [2.75, 3.05) is 32.7 Å². The molecule has 1 aliphatic heterocycles. The maximum Gasteiger partial charge on any atom is 0.264 e. The van der Waals surface area contributed by atoms with Crippen molar-refractivity contribution < 1.29 is 4.79 Å². The number of carbonyl (C=O) groups is 1. The van der Waals surface area contributed by atoms with E-state index in [2.05, 4.69) is 26.6 Å². The molecule has 0 aliphatic carbocycles. The van der Waals surface area contributed by atoms with Crippen LogP contribution in [-0.2, 0) is 6.54 Å². The van der Waals surface area contributed by atoms with Gasteiger partial charge in [0.1, 0.15) is 5.82 Å². The lowest BCUT2D eigenvalue weighted by molar-refractivity contribution is 0.0638. The van der Waals surface area contributed by atoms with Crippen LogP contribution in [-0.4, -0.2) is 58.0 Å². The van der Waals surface area contributed by atoms with E-state index in [1.165, 1.54) is 11.3 Å². The zero-order valence-corrected chi connectivity index (χ0v) is 16.5. The first kappa shape index (κ1) is 18.2. The molecule has 1 fully saturated rings. The largest absolute Gasteiger partial charge is 0.335 e. The summed E-state index contributed by atoms with van der Waals surface area (Å²) in [7, 11) is 0. The predicted octanol–water partition coefficient (Wildman–Crippen LogP) is 3.72. The smallest absolute Gasteiger partial charge is 0.264 e. The number of imidazole rings is 1. The van der Waals surface area contributed by atoms with Gasteiger partial charge < -0.3 is 9.47 Å². The van der Waals surface area contributed by atoms with Crippen LogP contribution in [0.3, 0.4) is 0 Å². The number of nitrogens with zero attached hydrogens (tertiary/aromatic N) is 4. The number of carbonyl (C=O) groups excluding carboxylic acids is 1. The van der Waals surface area contributed by atoms with E-state index in [4.69, 9.17) is 11.6 Å². The monoisotopic (exact) mass is 400 g/mol. The standard InChI is InChI=1S/C20H21ClN4OS/c21-18-7-6-17(27-18)20(26)25-14-11-23(12-15-25)10-13-24-9-8-22-19(24)16-4-2-1-3-5-16/h1-9H,10-15H2. The molecule has 0 radical (unpaired) electrons. The molecule has 0 unspecified atom stereocenters. The number of hydrogen-bond acceptors (Lipinski definition) is 4. The highest BCUT2D eigenvalue weighted by atomic mass is 35.5. The van der Waals surface area contributed by atoms with Gasteiger partial charge in [0.05, 0.1) is 9.21 Å². The van der Waals surface area contributed by atoms with Crippen molar-refractivity contribution >= 4 is 28.8 Å². The molecule has 0 atom stereocenters. The van der Waals surface area contributed by atoms with Gasteiger partial charge in [-0.2, -0.15) is 0 Å². The van der Waals surface area contributed by atoms with Crippen LogP contribution in [0, 0.1) is 0 Å². The van der Waals surface area contributed by atoms with E-state index in [-0.39, 0.29) is 5.91 Å². The van der Waals surface area contributed by atoms with Gasteiger partial charge in [-0.25, -0.2) is 4.98 Å². The predicted molar refractivity (Wildman–Crippen MR) is 109 cm³/mol. The Morgan fingerprint density at radius 1 is 1.04 bits per heavy atom. The summed E-state index contributed by atoms with van der Waals surface area (Å²) in [4.78, 5) is 22.1. The van der Waals surface area contributed by atoms with Crippen molar-refractivity contribution in [3.63, 3.8) is 0 Å². The zero-order chi connectivity index (χ0) is 18.6. The van der Waals surface area contributed by atoms with E-state index in [1.807, 2.05) is 41.6 Å². The summed E-state index contributed by atoms with van der Waals surface area (Å²) in [6.45, 7) is 5.12. The fourth-order valence-corrected chi connectivity index (χ4v) is 4.36. The van der Waals surface area contributed by atoms with Crippen LogP contribution in [0.15, 0.2) is 54.9 Å². The summed E-state index contributed by atoms with van der Waals surface area (Å²) in [6.07, 6.45) is 3.88. The highest BCUT2D eigenvalue weighted by molar-refractivity contribution is 7.17. The maximum absolute atomic E-state index is 12.5. The quantitative estimate of drug-likeness (QED) is 0.655. The number of piperazine rings is 1. The van der Waals surface area contributed by atoms with Crippen LogP contribution in [0.5, 0.6) is 0 Å². The molecule has 0 spiro atoms. The number of thiophene rings is 1. The van der Waals surface area contributed by atoms with Gasteiger partial charge in [0.25, 0.3) is 5.91 Å². The number of benzene rings is 1. The summed E-state index contributed by atoms with van der Waals surface area (Å²) in [5.74, 6) is 1.09. The van der Waals surface area contributed by atoms with E-state index in [9.17, 15) is 4.79 Å². The number of hydrogen-bond donors (Lipinski definition) is 0. The average Bonchev–Trinajstić information content (AvgIpc) is 3.36. The van der Waals surface area contributed by atoms with Gasteiger partial charge in [-0.05, 0) is 12.1 Å². The Morgan fingerprint density at radius 3 is 2.52 bits per heavy atom. The first-order valence-corrected chi connectivity index (χ1v) is 10.2. The SMILES string of the molecule is O=C(c1ccc(Cl)s1)N1CCN(CCn2ccnc2-c2ccccc2)CC1. The van der Waals surface area contributed by atoms with Gasteiger partial charge >= 0.3 is 0 Å². The molecule has 0 bridgehead atoms. The van der Waals surface area contributed by atoms with E-state index in [0.29, 0.717) is 4.34 Å². The minimum Gasteiger partial charge on any atom is -0.335 e. The molecule has 3 aromatic rings. The summed E-state index contributed by atoms with van der Waals surface area (Å²) < 4.78 is 2.85. The van der Waals surface area contributed by atoms with E-state index >= 15 is 0 Å². The Balaban J connectivity index is 1.31. The summed E-state index contributed by atoms with van der Waals surface area (Å²) in [5, 5.41) is 0. The molecule has 4 rings (SSSR count). The Hall–Kier alpha value is -2.15. The number of halogens is 1. The average molecular weight is 401 g/mol. The zero-order valence-electron chi connectivity index (χ0n) is 14.9. The number of rotatable bonds is 5. The van der Waals surface area contributed by atoms with Crippen molar-refractivity contribution in [3.05, 3.63) is 64.1 Å². The first-order chi connectivity index (χ1) is 13.2.